The lowest BCUT2D eigenvalue weighted by atomic mass is 10.2. The third kappa shape index (κ3) is 5.24. The monoisotopic (exact) mass is 323 g/mol. The molecule has 2 amide bonds. The topological polar surface area (TPSA) is 88.5 Å². The molecular weight excluding hydrogens is 298 g/mol. The predicted octanol–water partition coefficient (Wildman–Crippen LogP) is 0.0848. The van der Waals surface area contributed by atoms with Crippen molar-refractivity contribution in [1.82, 2.24) is 20.4 Å². The summed E-state index contributed by atoms with van der Waals surface area (Å²) < 4.78 is 7.04. The Morgan fingerprint density at radius 3 is 2.96 bits per heavy atom. The van der Waals surface area contributed by atoms with Crippen molar-refractivity contribution in [1.29, 1.82) is 0 Å². The number of rotatable bonds is 6. The molecule has 1 fully saturated rings. The average molecular weight is 323 g/mol. The Labute approximate surface area is 135 Å². The highest BCUT2D eigenvalue weighted by Crippen LogP contribution is 2.16. The Morgan fingerprint density at radius 2 is 2.22 bits per heavy atom. The van der Waals surface area contributed by atoms with E-state index in [1.807, 2.05) is 6.92 Å². The first-order valence-corrected chi connectivity index (χ1v) is 8.01. The van der Waals surface area contributed by atoms with Gasteiger partial charge in [0.15, 0.2) is 0 Å². The molecule has 2 rings (SSSR count). The smallest absolute Gasteiger partial charge is 0.314 e. The van der Waals surface area contributed by atoms with E-state index in [1.54, 1.807) is 19.3 Å². The number of carbonyl (C=O) groups is 1. The maximum absolute atomic E-state index is 11.7. The first kappa shape index (κ1) is 17.3. The molecule has 0 spiro atoms. The molecule has 8 nitrogen and oxygen atoms in total. The largest absolute Gasteiger partial charge is 0.374 e. The summed E-state index contributed by atoms with van der Waals surface area (Å²) in [6.07, 6.45) is 3.37. The predicted molar refractivity (Wildman–Crippen MR) is 87.7 cm³/mol. The van der Waals surface area contributed by atoms with Crippen LogP contribution < -0.4 is 21.1 Å². The number of ether oxygens (including phenoxy) is 1. The van der Waals surface area contributed by atoms with Gasteiger partial charge < -0.3 is 20.3 Å². The molecule has 128 valence electrons. The molecule has 1 aromatic heterocycles. The van der Waals surface area contributed by atoms with Crippen molar-refractivity contribution in [2.75, 3.05) is 37.7 Å². The molecule has 0 saturated carbocycles. The Hall–Kier alpha value is -2.09. The van der Waals surface area contributed by atoms with Gasteiger partial charge in [0.05, 0.1) is 24.6 Å². The lowest BCUT2D eigenvalue weighted by Crippen LogP contribution is -2.45. The van der Waals surface area contributed by atoms with Gasteiger partial charge in [-0.2, -0.15) is 5.10 Å². The Bertz CT molecular complexity index is 574. The fraction of sp³-hybridized carbons (Fsp3) is 0.667. The highest BCUT2D eigenvalue weighted by molar-refractivity contribution is 5.73. The maximum Gasteiger partial charge on any atom is 0.314 e. The number of aryl methyl sites for hydroxylation is 1. The van der Waals surface area contributed by atoms with E-state index in [0.29, 0.717) is 26.2 Å². The molecular formula is C15H25N5O3. The molecule has 0 aliphatic carbocycles. The summed E-state index contributed by atoms with van der Waals surface area (Å²) in [6.45, 7) is 5.26. The molecule has 2 N–H and O–H groups in total. The van der Waals surface area contributed by atoms with Crippen molar-refractivity contribution < 1.29 is 9.53 Å². The molecule has 1 aliphatic rings. The van der Waals surface area contributed by atoms with Crippen LogP contribution in [0.1, 0.15) is 19.8 Å². The first-order chi connectivity index (χ1) is 11.1. The quantitative estimate of drug-likeness (QED) is 0.774. The minimum absolute atomic E-state index is 0.0271. The van der Waals surface area contributed by atoms with E-state index in [9.17, 15) is 9.59 Å². The van der Waals surface area contributed by atoms with Gasteiger partial charge >= 0.3 is 6.03 Å². The van der Waals surface area contributed by atoms with Gasteiger partial charge in [-0.15, -0.1) is 0 Å². The SMILES string of the molecule is CCCNC(=O)NCC[C@@H]1CN(c2cnn(C)c(=O)c2)CCO1. The zero-order chi connectivity index (χ0) is 16.7. The Morgan fingerprint density at radius 1 is 1.43 bits per heavy atom. The van der Waals surface area contributed by atoms with Crippen molar-refractivity contribution >= 4 is 11.7 Å². The van der Waals surface area contributed by atoms with Gasteiger partial charge in [-0.05, 0) is 12.8 Å². The van der Waals surface area contributed by atoms with Crippen LogP contribution in [0.25, 0.3) is 0 Å². The summed E-state index contributed by atoms with van der Waals surface area (Å²) in [4.78, 5) is 25.3. The molecule has 0 unspecified atom stereocenters. The van der Waals surface area contributed by atoms with E-state index in [1.165, 1.54) is 4.68 Å². The molecule has 0 aromatic carbocycles. The van der Waals surface area contributed by atoms with Gasteiger partial charge in [-0.1, -0.05) is 6.92 Å². The summed E-state index contributed by atoms with van der Waals surface area (Å²) in [6, 6.07) is 1.45. The summed E-state index contributed by atoms with van der Waals surface area (Å²) in [5, 5.41) is 9.64. The molecule has 8 heteroatoms. The van der Waals surface area contributed by atoms with Gasteiger partial charge in [0, 0.05) is 39.3 Å². The number of aromatic nitrogens is 2. The van der Waals surface area contributed by atoms with Crippen LogP contribution in [0.5, 0.6) is 0 Å². The van der Waals surface area contributed by atoms with E-state index in [-0.39, 0.29) is 17.7 Å². The van der Waals surface area contributed by atoms with Crippen LogP contribution in [0.3, 0.4) is 0 Å². The zero-order valence-corrected chi connectivity index (χ0v) is 13.7. The number of carbonyl (C=O) groups excluding carboxylic acids is 1. The second-order valence-electron chi connectivity index (χ2n) is 5.59. The van der Waals surface area contributed by atoms with Gasteiger partial charge in [0.2, 0.25) is 0 Å². The van der Waals surface area contributed by atoms with Crippen LogP contribution in [0.4, 0.5) is 10.5 Å². The maximum atomic E-state index is 11.7. The highest BCUT2D eigenvalue weighted by Gasteiger charge is 2.21. The van der Waals surface area contributed by atoms with E-state index in [4.69, 9.17) is 4.74 Å². The van der Waals surface area contributed by atoms with E-state index >= 15 is 0 Å². The van der Waals surface area contributed by atoms with Crippen molar-refractivity contribution in [3.63, 3.8) is 0 Å². The minimum Gasteiger partial charge on any atom is -0.374 e. The van der Waals surface area contributed by atoms with Gasteiger partial charge in [-0.3, -0.25) is 4.79 Å². The van der Waals surface area contributed by atoms with Crippen molar-refractivity contribution in [2.45, 2.75) is 25.9 Å². The number of nitrogens with zero attached hydrogens (tertiary/aromatic N) is 3. The Balaban J connectivity index is 1.80. The second-order valence-corrected chi connectivity index (χ2v) is 5.59. The normalized spacial score (nSPS) is 17.8. The molecule has 23 heavy (non-hydrogen) atoms. The zero-order valence-electron chi connectivity index (χ0n) is 13.7. The van der Waals surface area contributed by atoms with E-state index < -0.39 is 0 Å². The van der Waals surface area contributed by atoms with E-state index in [2.05, 4.69) is 20.6 Å². The number of anilines is 1. The van der Waals surface area contributed by atoms with Crippen molar-refractivity contribution in [3.8, 4) is 0 Å². The molecule has 1 aromatic rings. The summed E-state index contributed by atoms with van der Waals surface area (Å²) in [5.74, 6) is 0. The summed E-state index contributed by atoms with van der Waals surface area (Å²) in [7, 11) is 1.63. The third-order valence-electron chi connectivity index (χ3n) is 3.74. The van der Waals surface area contributed by atoms with Crippen LogP contribution in [0.15, 0.2) is 17.1 Å². The standard InChI is InChI=1S/C15H25N5O3/c1-3-5-16-15(22)17-6-4-13-11-20(7-8-23-13)12-9-14(21)19(2)18-10-12/h9-10,13H,3-8,11H2,1-2H3,(H2,16,17,22)/t13-/m1/s1. The van der Waals surface area contributed by atoms with Crippen LogP contribution in [-0.4, -0.2) is 54.7 Å². The molecule has 1 atom stereocenters. The average Bonchev–Trinajstić information content (AvgIpc) is 2.56. The molecule has 1 saturated heterocycles. The number of hydrogen-bond acceptors (Lipinski definition) is 5. The lowest BCUT2D eigenvalue weighted by Gasteiger charge is -2.34. The molecule has 2 heterocycles. The fourth-order valence-electron chi connectivity index (χ4n) is 2.41. The van der Waals surface area contributed by atoms with Crippen LogP contribution in [-0.2, 0) is 11.8 Å². The van der Waals surface area contributed by atoms with Crippen LogP contribution >= 0.6 is 0 Å². The number of amides is 2. The molecule has 0 bridgehead atoms. The molecule has 1 aliphatic heterocycles. The van der Waals surface area contributed by atoms with E-state index in [0.717, 1.165) is 25.1 Å². The third-order valence-corrected chi connectivity index (χ3v) is 3.74. The highest BCUT2D eigenvalue weighted by atomic mass is 16.5. The summed E-state index contributed by atoms with van der Waals surface area (Å²) in [5.41, 5.74) is 0.690. The minimum atomic E-state index is -0.143. The lowest BCUT2D eigenvalue weighted by molar-refractivity contribution is 0.0359. The number of morpholine rings is 1. The van der Waals surface area contributed by atoms with Gasteiger partial charge in [-0.25, -0.2) is 9.48 Å². The van der Waals surface area contributed by atoms with Crippen molar-refractivity contribution in [3.05, 3.63) is 22.6 Å². The fourth-order valence-corrected chi connectivity index (χ4v) is 2.41. The summed E-state index contributed by atoms with van der Waals surface area (Å²) >= 11 is 0. The first-order valence-electron chi connectivity index (χ1n) is 8.01. The van der Waals surface area contributed by atoms with Gasteiger partial charge in [0.25, 0.3) is 5.56 Å². The molecule has 0 radical (unpaired) electrons. The second kappa shape index (κ2) is 8.52. The van der Waals surface area contributed by atoms with Crippen LogP contribution in [0.2, 0.25) is 0 Å². The number of urea groups is 1. The van der Waals surface area contributed by atoms with Crippen molar-refractivity contribution in [2.24, 2.45) is 7.05 Å². The number of hydrogen-bond donors (Lipinski definition) is 2. The number of nitrogens with one attached hydrogen (secondary N) is 2. The van der Waals surface area contributed by atoms with Crippen LogP contribution in [0, 0.1) is 0 Å². The Kier molecular flexibility index (Phi) is 6.40. The van der Waals surface area contributed by atoms with Gasteiger partial charge in [0.1, 0.15) is 0 Å².